The van der Waals surface area contributed by atoms with Gasteiger partial charge in [-0.2, -0.15) is 0 Å². The maximum Gasteiger partial charge on any atom is 0.347 e. The van der Waals surface area contributed by atoms with Crippen LogP contribution in [0, 0.1) is 5.92 Å². The van der Waals surface area contributed by atoms with Gasteiger partial charge in [-0.1, -0.05) is 60.7 Å². The molecule has 0 saturated carbocycles. The molecule has 32 heavy (non-hydrogen) atoms. The van der Waals surface area contributed by atoms with Gasteiger partial charge in [0, 0.05) is 24.5 Å². The summed E-state index contributed by atoms with van der Waals surface area (Å²) >= 11 is 0. The fourth-order valence-electron chi connectivity index (χ4n) is 4.36. The first-order valence-corrected chi connectivity index (χ1v) is 11.1. The molecule has 2 heterocycles. The third kappa shape index (κ3) is 5.03. The monoisotopic (exact) mass is 431 g/mol. The third-order valence-electron chi connectivity index (χ3n) is 6.11. The van der Waals surface area contributed by atoms with Crippen molar-refractivity contribution in [3.05, 3.63) is 96.1 Å². The van der Waals surface area contributed by atoms with Crippen LogP contribution < -0.4 is 5.32 Å². The van der Waals surface area contributed by atoms with Gasteiger partial charge in [0.1, 0.15) is 0 Å². The second-order valence-corrected chi connectivity index (χ2v) is 8.32. The largest absolute Gasteiger partial charge is 0.462 e. The van der Waals surface area contributed by atoms with E-state index >= 15 is 0 Å². The van der Waals surface area contributed by atoms with E-state index in [4.69, 9.17) is 4.74 Å². The highest BCUT2D eigenvalue weighted by atomic mass is 16.5. The van der Waals surface area contributed by atoms with Crippen molar-refractivity contribution in [1.29, 1.82) is 0 Å². The number of nitrogens with one attached hydrogen (secondary N) is 1. The summed E-state index contributed by atoms with van der Waals surface area (Å²) in [7, 11) is 0. The van der Waals surface area contributed by atoms with E-state index in [0.717, 1.165) is 38.0 Å². The summed E-state index contributed by atoms with van der Waals surface area (Å²) in [4.78, 5) is 22.0. The minimum atomic E-state index is -1.89. The Morgan fingerprint density at radius 3 is 2.34 bits per heavy atom. The van der Waals surface area contributed by atoms with Crippen molar-refractivity contribution in [3.8, 4) is 0 Å². The topological polar surface area (TPSA) is 84.3 Å². The van der Waals surface area contributed by atoms with E-state index in [1.54, 1.807) is 67.1 Å². The lowest BCUT2D eigenvalue weighted by Crippen LogP contribution is -2.39. The van der Waals surface area contributed by atoms with Crippen molar-refractivity contribution in [2.45, 2.75) is 30.8 Å². The van der Waals surface area contributed by atoms with E-state index in [0.29, 0.717) is 17.0 Å². The molecule has 2 aromatic carbocycles. The molecule has 166 valence electrons. The summed E-state index contributed by atoms with van der Waals surface area (Å²) in [5.74, 6) is -0.296. The van der Waals surface area contributed by atoms with E-state index < -0.39 is 11.6 Å². The summed E-state index contributed by atoms with van der Waals surface area (Å²) in [6.45, 7) is 2.13. The first kappa shape index (κ1) is 22.1. The maximum absolute atomic E-state index is 13.4. The first-order valence-electron chi connectivity index (χ1n) is 11.1. The van der Waals surface area contributed by atoms with E-state index in [9.17, 15) is 9.90 Å². The van der Waals surface area contributed by atoms with E-state index in [1.165, 1.54) is 0 Å². The number of aromatic nitrogens is 2. The van der Waals surface area contributed by atoms with Crippen molar-refractivity contribution >= 4 is 5.97 Å². The Hall–Kier alpha value is -3.09. The van der Waals surface area contributed by atoms with Crippen LogP contribution >= 0.6 is 0 Å². The summed E-state index contributed by atoms with van der Waals surface area (Å²) in [5.41, 5.74) is -0.136. The molecule has 1 aromatic heterocycles. The van der Waals surface area contributed by atoms with E-state index in [-0.39, 0.29) is 12.5 Å². The third-order valence-corrected chi connectivity index (χ3v) is 6.11. The summed E-state index contributed by atoms with van der Waals surface area (Å²) in [5, 5.41) is 15.1. The first-order chi connectivity index (χ1) is 15.7. The van der Waals surface area contributed by atoms with Crippen LogP contribution in [0.1, 0.15) is 42.0 Å². The highest BCUT2D eigenvalue weighted by molar-refractivity contribution is 5.85. The fourth-order valence-corrected chi connectivity index (χ4v) is 4.36. The van der Waals surface area contributed by atoms with Gasteiger partial charge < -0.3 is 15.2 Å². The normalized spacial score (nSPS) is 17.5. The Kier molecular flexibility index (Phi) is 7.24. The lowest BCUT2D eigenvalue weighted by Gasteiger charge is -2.29. The highest BCUT2D eigenvalue weighted by Gasteiger charge is 2.42. The van der Waals surface area contributed by atoms with Gasteiger partial charge in [0.25, 0.3) is 0 Å². The number of rotatable bonds is 8. The van der Waals surface area contributed by atoms with Gasteiger partial charge in [0.15, 0.2) is 0 Å². The smallest absolute Gasteiger partial charge is 0.347 e. The molecule has 4 rings (SSSR count). The Balaban J connectivity index is 1.56. The number of ether oxygens (including phenoxy) is 1. The molecule has 0 spiro atoms. The van der Waals surface area contributed by atoms with Crippen molar-refractivity contribution in [1.82, 2.24) is 15.3 Å². The van der Waals surface area contributed by atoms with Gasteiger partial charge >= 0.3 is 5.97 Å². The second kappa shape index (κ2) is 10.5. The number of nitrogens with zero attached hydrogens (tertiary/aromatic N) is 2. The number of carbonyl (C=O) groups excluding carboxylic acids is 1. The van der Waals surface area contributed by atoms with Crippen LogP contribution in [0.3, 0.4) is 0 Å². The van der Waals surface area contributed by atoms with Crippen LogP contribution in [0.2, 0.25) is 0 Å². The van der Waals surface area contributed by atoms with Crippen LogP contribution in [-0.2, 0) is 15.1 Å². The molecule has 0 bridgehead atoms. The van der Waals surface area contributed by atoms with Gasteiger partial charge in [0.2, 0.25) is 5.60 Å². The average Bonchev–Trinajstić information content (AvgIpc) is 2.88. The van der Waals surface area contributed by atoms with E-state index in [1.807, 2.05) is 12.1 Å². The Labute approximate surface area is 188 Å². The van der Waals surface area contributed by atoms with Gasteiger partial charge in [-0.25, -0.2) is 4.79 Å². The van der Waals surface area contributed by atoms with Gasteiger partial charge in [-0.05, 0) is 49.4 Å². The zero-order valence-electron chi connectivity index (χ0n) is 18.1. The molecule has 6 nitrogen and oxygen atoms in total. The minimum absolute atomic E-state index is 0.0895. The Bertz CT molecular complexity index is 937. The molecule has 2 atom stereocenters. The molecule has 2 N–H and O–H groups in total. The Morgan fingerprint density at radius 2 is 1.78 bits per heavy atom. The number of esters is 1. The van der Waals surface area contributed by atoms with Gasteiger partial charge in [-0.3, -0.25) is 9.97 Å². The molecule has 3 aromatic rings. The molecule has 1 aliphatic rings. The number of hydrogen-bond donors (Lipinski definition) is 2. The molecular weight excluding hydrogens is 402 g/mol. The number of piperidine rings is 1. The van der Waals surface area contributed by atoms with Gasteiger partial charge in [-0.15, -0.1) is 0 Å². The number of aliphatic hydroxyl groups is 1. The summed E-state index contributed by atoms with van der Waals surface area (Å²) < 4.78 is 5.80. The zero-order chi connectivity index (χ0) is 22.2. The SMILES string of the molecule is O=C(OCC(C[C@H]1CCCNC1)c1cnccn1)C(O)(c1ccccc1)c1ccccc1. The van der Waals surface area contributed by atoms with Crippen molar-refractivity contribution < 1.29 is 14.6 Å². The highest BCUT2D eigenvalue weighted by Crippen LogP contribution is 2.32. The molecule has 1 unspecified atom stereocenters. The molecule has 0 amide bonds. The van der Waals surface area contributed by atoms with Crippen LogP contribution in [0.5, 0.6) is 0 Å². The molecule has 0 aliphatic carbocycles. The standard InChI is InChI=1S/C26H29N3O3/c30-25(26(31,22-9-3-1-4-10-22)23-11-5-2-6-12-23)32-19-21(24-18-28-14-15-29-24)16-20-8-7-13-27-17-20/h1-6,9-12,14-15,18,20-21,27,31H,7-8,13,16-17,19H2/t20-,21?/m1/s1. The maximum atomic E-state index is 13.4. The average molecular weight is 432 g/mol. The van der Waals surface area contributed by atoms with Crippen LogP contribution in [0.4, 0.5) is 0 Å². The molecule has 1 fully saturated rings. The number of hydrogen-bond acceptors (Lipinski definition) is 6. The molecular formula is C26H29N3O3. The van der Waals surface area contributed by atoms with Crippen LogP contribution in [-0.4, -0.2) is 40.7 Å². The predicted molar refractivity (Wildman–Crippen MR) is 122 cm³/mol. The number of benzene rings is 2. The predicted octanol–water partition coefficient (Wildman–Crippen LogP) is 3.43. The van der Waals surface area contributed by atoms with Crippen LogP contribution in [0.25, 0.3) is 0 Å². The lowest BCUT2D eigenvalue weighted by atomic mass is 9.86. The molecule has 0 radical (unpaired) electrons. The molecule has 6 heteroatoms. The summed E-state index contributed by atoms with van der Waals surface area (Å²) in [6, 6.07) is 17.9. The minimum Gasteiger partial charge on any atom is -0.462 e. The van der Waals surface area contributed by atoms with E-state index in [2.05, 4.69) is 15.3 Å². The molecule has 1 saturated heterocycles. The zero-order valence-corrected chi connectivity index (χ0v) is 18.1. The number of carbonyl (C=O) groups is 1. The fraction of sp³-hybridized carbons (Fsp3) is 0.346. The molecule has 1 aliphatic heterocycles. The Morgan fingerprint density at radius 1 is 1.09 bits per heavy atom. The van der Waals surface area contributed by atoms with Crippen molar-refractivity contribution in [2.75, 3.05) is 19.7 Å². The summed E-state index contributed by atoms with van der Waals surface area (Å²) in [6.07, 6.45) is 8.14. The quantitative estimate of drug-likeness (QED) is 0.532. The van der Waals surface area contributed by atoms with Crippen LogP contribution in [0.15, 0.2) is 79.3 Å². The van der Waals surface area contributed by atoms with Gasteiger partial charge in [0.05, 0.1) is 12.3 Å². The second-order valence-electron chi connectivity index (χ2n) is 8.32. The van der Waals surface area contributed by atoms with Crippen molar-refractivity contribution in [2.24, 2.45) is 5.92 Å². The lowest BCUT2D eigenvalue weighted by molar-refractivity contribution is -0.163. The van der Waals surface area contributed by atoms with Crippen molar-refractivity contribution in [3.63, 3.8) is 0 Å².